The predicted octanol–water partition coefficient (Wildman–Crippen LogP) is 0.181. The van der Waals surface area contributed by atoms with Gasteiger partial charge in [0.15, 0.2) is 11.2 Å². The Balaban J connectivity index is 1.78. The first-order valence-corrected chi connectivity index (χ1v) is 8.32. The van der Waals surface area contributed by atoms with Crippen LogP contribution in [0.25, 0.3) is 11.2 Å². The monoisotopic (exact) mass is 355 g/mol. The zero-order chi connectivity index (χ0) is 18.8. The van der Waals surface area contributed by atoms with Gasteiger partial charge in [0.2, 0.25) is 5.91 Å². The van der Waals surface area contributed by atoms with Gasteiger partial charge in [-0.3, -0.25) is 18.7 Å². The first-order valence-electron chi connectivity index (χ1n) is 8.32. The number of hydrogen-bond donors (Lipinski definition) is 1. The number of benzene rings is 1. The lowest BCUT2D eigenvalue weighted by Crippen LogP contribution is -2.39. The van der Waals surface area contributed by atoms with E-state index in [0.29, 0.717) is 6.42 Å². The second kappa shape index (κ2) is 6.99. The lowest BCUT2D eigenvalue weighted by molar-refractivity contribution is -0.122. The van der Waals surface area contributed by atoms with Crippen LogP contribution in [0.5, 0.6) is 0 Å². The molecule has 0 radical (unpaired) electrons. The van der Waals surface area contributed by atoms with Crippen molar-refractivity contribution in [2.75, 3.05) is 0 Å². The van der Waals surface area contributed by atoms with Crippen LogP contribution in [0.15, 0.2) is 46.2 Å². The van der Waals surface area contributed by atoms with Crippen molar-refractivity contribution in [3.8, 4) is 0 Å². The maximum atomic E-state index is 12.4. The first kappa shape index (κ1) is 17.7. The van der Waals surface area contributed by atoms with Crippen molar-refractivity contribution in [1.82, 2.24) is 24.0 Å². The molecule has 8 nitrogen and oxygen atoms in total. The van der Waals surface area contributed by atoms with E-state index in [1.807, 2.05) is 37.3 Å². The van der Waals surface area contributed by atoms with Crippen molar-refractivity contribution in [2.45, 2.75) is 25.9 Å². The van der Waals surface area contributed by atoms with Crippen LogP contribution in [0.2, 0.25) is 0 Å². The van der Waals surface area contributed by atoms with Crippen LogP contribution in [0.1, 0.15) is 12.5 Å². The summed E-state index contributed by atoms with van der Waals surface area (Å²) >= 11 is 0. The average Bonchev–Trinajstić information content (AvgIpc) is 3.02. The highest BCUT2D eigenvalue weighted by atomic mass is 16.2. The summed E-state index contributed by atoms with van der Waals surface area (Å²) in [6, 6.07) is 9.84. The molecule has 1 atom stereocenters. The Labute approximate surface area is 149 Å². The van der Waals surface area contributed by atoms with E-state index in [4.69, 9.17) is 0 Å². The average molecular weight is 355 g/mol. The van der Waals surface area contributed by atoms with Gasteiger partial charge in [0, 0.05) is 20.1 Å². The summed E-state index contributed by atoms with van der Waals surface area (Å²) < 4.78 is 3.78. The normalized spacial score (nSPS) is 12.3. The fourth-order valence-corrected chi connectivity index (χ4v) is 3.01. The van der Waals surface area contributed by atoms with Crippen LogP contribution in [0.3, 0.4) is 0 Å². The molecule has 1 aromatic carbocycles. The van der Waals surface area contributed by atoms with E-state index in [0.717, 1.165) is 10.1 Å². The van der Waals surface area contributed by atoms with Crippen molar-refractivity contribution >= 4 is 17.1 Å². The Morgan fingerprint density at radius 2 is 1.85 bits per heavy atom. The highest BCUT2D eigenvalue weighted by molar-refractivity contribution is 5.79. The SMILES string of the molecule is CC(Cc1ccccc1)NC(=O)Cn1cnc2c1c(=O)n(C)c(=O)n2C. The molecule has 136 valence electrons. The molecule has 0 bridgehead atoms. The molecular weight excluding hydrogens is 334 g/mol. The number of amides is 1. The third kappa shape index (κ3) is 3.30. The zero-order valence-corrected chi connectivity index (χ0v) is 15.0. The van der Waals surface area contributed by atoms with Crippen molar-refractivity contribution in [1.29, 1.82) is 0 Å². The first-order chi connectivity index (χ1) is 12.4. The molecule has 2 aromatic heterocycles. The summed E-state index contributed by atoms with van der Waals surface area (Å²) in [7, 11) is 2.95. The van der Waals surface area contributed by atoms with Crippen LogP contribution in [0, 0.1) is 0 Å². The highest BCUT2D eigenvalue weighted by Gasteiger charge is 2.16. The standard InChI is InChI=1S/C18H21N5O3/c1-12(9-13-7-5-4-6-8-13)20-14(24)10-23-11-19-16-15(23)17(25)22(3)18(26)21(16)2/h4-8,11-12H,9-10H2,1-3H3,(H,20,24). The van der Waals surface area contributed by atoms with Gasteiger partial charge in [-0.05, 0) is 18.9 Å². The molecule has 8 heteroatoms. The second-order valence-corrected chi connectivity index (χ2v) is 6.41. The fraction of sp³-hybridized carbons (Fsp3) is 0.333. The molecule has 1 amide bonds. The van der Waals surface area contributed by atoms with Crippen molar-refractivity contribution in [2.24, 2.45) is 14.1 Å². The van der Waals surface area contributed by atoms with E-state index < -0.39 is 11.2 Å². The minimum Gasteiger partial charge on any atom is -0.352 e. The van der Waals surface area contributed by atoms with Crippen molar-refractivity contribution in [3.05, 3.63) is 63.1 Å². The largest absolute Gasteiger partial charge is 0.352 e. The summed E-state index contributed by atoms with van der Waals surface area (Å²) in [5, 5.41) is 2.93. The number of nitrogens with zero attached hydrogens (tertiary/aromatic N) is 4. The summed E-state index contributed by atoms with van der Waals surface area (Å²) in [5.41, 5.74) is 0.723. The molecular formula is C18H21N5O3. The van der Waals surface area contributed by atoms with E-state index >= 15 is 0 Å². The number of nitrogens with one attached hydrogen (secondary N) is 1. The Morgan fingerprint density at radius 3 is 2.54 bits per heavy atom. The second-order valence-electron chi connectivity index (χ2n) is 6.41. The summed E-state index contributed by atoms with van der Waals surface area (Å²) in [6.45, 7) is 1.89. The number of carbonyl (C=O) groups excluding carboxylic acids is 1. The zero-order valence-electron chi connectivity index (χ0n) is 15.0. The van der Waals surface area contributed by atoms with Gasteiger partial charge in [-0.1, -0.05) is 30.3 Å². The number of aromatic nitrogens is 4. The third-order valence-corrected chi connectivity index (χ3v) is 4.32. The van der Waals surface area contributed by atoms with E-state index in [9.17, 15) is 14.4 Å². The minimum absolute atomic E-state index is 0.0386. The maximum Gasteiger partial charge on any atom is 0.332 e. The van der Waals surface area contributed by atoms with Gasteiger partial charge in [-0.25, -0.2) is 9.78 Å². The van der Waals surface area contributed by atoms with Crippen molar-refractivity contribution < 1.29 is 4.79 Å². The van der Waals surface area contributed by atoms with Gasteiger partial charge in [0.25, 0.3) is 5.56 Å². The highest BCUT2D eigenvalue weighted by Crippen LogP contribution is 2.06. The molecule has 0 aliphatic heterocycles. The van der Waals surface area contributed by atoms with E-state index in [2.05, 4.69) is 10.3 Å². The summed E-state index contributed by atoms with van der Waals surface area (Å²) in [4.78, 5) is 40.8. The van der Waals surface area contributed by atoms with Gasteiger partial charge in [0.05, 0.1) is 6.33 Å². The van der Waals surface area contributed by atoms with Crippen LogP contribution in [0.4, 0.5) is 0 Å². The molecule has 0 aliphatic carbocycles. The number of fused-ring (bicyclic) bond motifs is 1. The minimum atomic E-state index is -0.467. The van der Waals surface area contributed by atoms with Gasteiger partial charge in [-0.2, -0.15) is 0 Å². The molecule has 0 aliphatic rings. The van der Waals surface area contributed by atoms with Gasteiger partial charge in [-0.15, -0.1) is 0 Å². The molecule has 1 N–H and O–H groups in total. The third-order valence-electron chi connectivity index (χ3n) is 4.32. The molecule has 3 rings (SSSR count). The number of carbonyl (C=O) groups is 1. The van der Waals surface area contributed by atoms with Crippen molar-refractivity contribution in [3.63, 3.8) is 0 Å². The number of imidazole rings is 1. The van der Waals surface area contributed by atoms with Crippen LogP contribution in [-0.4, -0.2) is 30.6 Å². The molecule has 2 heterocycles. The number of aryl methyl sites for hydroxylation is 1. The number of hydrogen-bond acceptors (Lipinski definition) is 4. The Kier molecular flexibility index (Phi) is 4.75. The molecule has 0 saturated heterocycles. The van der Waals surface area contributed by atoms with Crippen LogP contribution in [-0.2, 0) is 31.9 Å². The van der Waals surface area contributed by atoms with Gasteiger partial charge in [0.1, 0.15) is 6.54 Å². The molecule has 0 spiro atoms. The Bertz CT molecular complexity index is 1060. The summed E-state index contributed by atoms with van der Waals surface area (Å²) in [6.07, 6.45) is 2.13. The quantitative estimate of drug-likeness (QED) is 0.707. The lowest BCUT2D eigenvalue weighted by Gasteiger charge is -2.14. The summed E-state index contributed by atoms with van der Waals surface area (Å²) in [5.74, 6) is -0.219. The number of rotatable bonds is 5. The molecule has 0 fully saturated rings. The smallest absolute Gasteiger partial charge is 0.332 e. The van der Waals surface area contributed by atoms with E-state index in [1.165, 1.54) is 22.5 Å². The van der Waals surface area contributed by atoms with E-state index in [-0.39, 0.29) is 29.7 Å². The van der Waals surface area contributed by atoms with E-state index in [1.54, 1.807) is 7.05 Å². The topological polar surface area (TPSA) is 90.9 Å². The van der Waals surface area contributed by atoms with Crippen LogP contribution >= 0.6 is 0 Å². The Hall–Kier alpha value is -3.16. The van der Waals surface area contributed by atoms with Gasteiger partial charge >= 0.3 is 5.69 Å². The van der Waals surface area contributed by atoms with Crippen LogP contribution < -0.4 is 16.6 Å². The van der Waals surface area contributed by atoms with Gasteiger partial charge < -0.3 is 9.88 Å². The maximum absolute atomic E-state index is 12.4. The fourth-order valence-electron chi connectivity index (χ4n) is 3.01. The molecule has 26 heavy (non-hydrogen) atoms. The Morgan fingerprint density at radius 1 is 1.15 bits per heavy atom. The molecule has 1 unspecified atom stereocenters. The molecule has 3 aromatic rings. The predicted molar refractivity (Wildman–Crippen MR) is 98.0 cm³/mol. The molecule has 0 saturated carbocycles. The lowest BCUT2D eigenvalue weighted by atomic mass is 10.1.